The lowest BCUT2D eigenvalue weighted by Gasteiger charge is -2.21. The quantitative estimate of drug-likeness (QED) is 0.866. The maximum absolute atomic E-state index is 9.37. The Morgan fingerprint density at radius 2 is 2.06 bits per heavy atom. The van der Waals surface area contributed by atoms with Crippen LogP contribution in [-0.4, -0.2) is 39.5 Å². The molecule has 0 saturated heterocycles. The third-order valence-electron chi connectivity index (χ3n) is 2.63. The lowest BCUT2D eigenvalue weighted by molar-refractivity contribution is 0.138. The number of likely N-dealkylation sites (N-methyl/N-ethyl adjacent to an activating group) is 1. The summed E-state index contributed by atoms with van der Waals surface area (Å²) >= 11 is 0. The number of aliphatic hydroxyl groups excluding tert-OH is 1. The van der Waals surface area contributed by atoms with E-state index in [4.69, 9.17) is 0 Å². The van der Waals surface area contributed by atoms with Gasteiger partial charge in [0.1, 0.15) is 0 Å². The maximum atomic E-state index is 9.37. The topological polar surface area (TPSA) is 41.3 Å². The van der Waals surface area contributed by atoms with Gasteiger partial charge in [-0.1, -0.05) is 20.8 Å². The van der Waals surface area contributed by atoms with E-state index < -0.39 is 0 Å². The van der Waals surface area contributed by atoms with Crippen LogP contribution in [0.3, 0.4) is 0 Å². The van der Waals surface area contributed by atoms with Crippen molar-refractivity contribution in [1.29, 1.82) is 0 Å². The van der Waals surface area contributed by atoms with Crippen LogP contribution in [0.25, 0.3) is 0 Å². The monoisotopic (exact) mass is 239 g/mol. The molecule has 0 radical (unpaired) electrons. The predicted octanol–water partition coefficient (Wildman–Crippen LogP) is 1.53. The molecule has 0 aliphatic carbocycles. The van der Waals surface area contributed by atoms with Crippen LogP contribution >= 0.6 is 0 Å². The normalized spacial score (nSPS) is 14.4. The molecule has 1 unspecified atom stereocenters. The molecular formula is C13H25N3O. The fourth-order valence-electron chi connectivity index (χ4n) is 2.09. The van der Waals surface area contributed by atoms with Gasteiger partial charge in [0, 0.05) is 37.3 Å². The Kier molecular flexibility index (Phi) is 4.33. The van der Waals surface area contributed by atoms with Gasteiger partial charge < -0.3 is 5.11 Å². The molecule has 0 aromatic carbocycles. The van der Waals surface area contributed by atoms with Gasteiger partial charge in [0.2, 0.25) is 0 Å². The first-order valence-corrected chi connectivity index (χ1v) is 6.09. The van der Waals surface area contributed by atoms with E-state index in [9.17, 15) is 5.11 Å². The van der Waals surface area contributed by atoms with Crippen LogP contribution < -0.4 is 0 Å². The molecule has 0 aliphatic heterocycles. The van der Waals surface area contributed by atoms with Crippen LogP contribution in [0.2, 0.25) is 0 Å². The van der Waals surface area contributed by atoms with Crippen molar-refractivity contribution in [2.24, 2.45) is 7.05 Å². The summed E-state index contributed by atoms with van der Waals surface area (Å²) in [6.07, 6.45) is 1.77. The van der Waals surface area contributed by atoms with E-state index in [-0.39, 0.29) is 11.5 Å². The van der Waals surface area contributed by atoms with Crippen LogP contribution in [0.1, 0.15) is 39.0 Å². The van der Waals surface area contributed by atoms with Gasteiger partial charge in [0.15, 0.2) is 0 Å². The fourth-order valence-corrected chi connectivity index (χ4v) is 2.09. The number of rotatable bonds is 4. The zero-order chi connectivity index (χ0) is 13.2. The van der Waals surface area contributed by atoms with Crippen molar-refractivity contribution >= 4 is 0 Å². The number of aliphatic hydroxyl groups is 1. The van der Waals surface area contributed by atoms with Crippen LogP contribution in [0.15, 0.2) is 6.20 Å². The molecule has 1 heterocycles. The minimum Gasteiger partial charge on any atom is -0.392 e. The van der Waals surface area contributed by atoms with Gasteiger partial charge >= 0.3 is 0 Å². The molecular weight excluding hydrogens is 214 g/mol. The summed E-state index contributed by atoms with van der Waals surface area (Å²) in [7, 11) is 3.97. The molecule has 0 bridgehead atoms. The molecule has 4 nitrogen and oxygen atoms in total. The molecule has 1 atom stereocenters. The van der Waals surface area contributed by atoms with Crippen molar-refractivity contribution in [1.82, 2.24) is 14.7 Å². The van der Waals surface area contributed by atoms with E-state index in [0.717, 1.165) is 12.2 Å². The molecule has 0 amide bonds. The predicted molar refractivity (Wildman–Crippen MR) is 69.9 cm³/mol. The highest BCUT2D eigenvalue weighted by molar-refractivity contribution is 5.23. The third-order valence-corrected chi connectivity index (χ3v) is 2.63. The summed E-state index contributed by atoms with van der Waals surface area (Å²) in [4.78, 5) is 2.12. The van der Waals surface area contributed by atoms with Crippen molar-refractivity contribution in [2.45, 2.75) is 45.8 Å². The van der Waals surface area contributed by atoms with E-state index in [0.29, 0.717) is 6.54 Å². The highest BCUT2D eigenvalue weighted by Gasteiger charge is 2.22. The van der Waals surface area contributed by atoms with Crippen LogP contribution in [0.5, 0.6) is 0 Å². The zero-order valence-corrected chi connectivity index (χ0v) is 11.9. The van der Waals surface area contributed by atoms with Crippen molar-refractivity contribution in [3.63, 3.8) is 0 Å². The smallest absolute Gasteiger partial charge is 0.0722 e. The van der Waals surface area contributed by atoms with Crippen molar-refractivity contribution in [3.8, 4) is 0 Å². The SMILES string of the molecule is CC(O)CN(C)Cc1cn(C)nc1C(C)(C)C. The molecule has 0 aliphatic rings. The second-order valence-corrected chi connectivity index (χ2v) is 5.97. The summed E-state index contributed by atoms with van der Waals surface area (Å²) in [5.41, 5.74) is 2.43. The Balaban J connectivity index is 2.84. The Morgan fingerprint density at radius 3 is 2.53 bits per heavy atom. The average molecular weight is 239 g/mol. The largest absolute Gasteiger partial charge is 0.392 e. The number of nitrogens with zero attached hydrogens (tertiary/aromatic N) is 3. The van der Waals surface area contributed by atoms with Gasteiger partial charge in [-0.15, -0.1) is 0 Å². The second-order valence-electron chi connectivity index (χ2n) is 5.97. The van der Waals surface area contributed by atoms with Crippen LogP contribution in [-0.2, 0) is 19.0 Å². The molecule has 1 aromatic rings. The van der Waals surface area contributed by atoms with E-state index >= 15 is 0 Å². The number of hydrogen-bond acceptors (Lipinski definition) is 3. The standard InChI is InChI=1S/C13H25N3O/c1-10(17)7-15(5)8-11-9-16(6)14-12(11)13(2,3)4/h9-10,17H,7-8H2,1-6H3. The average Bonchev–Trinajstić information content (AvgIpc) is 2.43. The van der Waals surface area contributed by atoms with Gasteiger partial charge in [-0.05, 0) is 14.0 Å². The second kappa shape index (κ2) is 5.19. The van der Waals surface area contributed by atoms with Crippen LogP contribution in [0, 0.1) is 0 Å². The molecule has 0 saturated carbocycles. The first-order valence-electron chi connectivity index (χ1n) is 6.09. The summed E-state index contributed by atoms with van der Waals surface area (Å²) in [6.45, 7) is 9.84. The zero-order valence-electron chi connectivity index (χ0n) is 11.9. The highest BCUT2D eigenvalue weighted by atomic mass is 16.3. The van der Waals surface area contributed by atoms with E-state index in [2.05, 4.69) is 37.0 Å². The highest BCUT2D eigenvalue weighted by Crippen LogP contribution is 2.24. The summed E-state index contributed by atoms with van der Waals surface area (Å²) in [5, 5.41) is 13.9. The first kappa shape index (κ1) is 14.2. The molecule has 1 aromatic heterocycles. The molecule has 0 fully saturated rings. The van der Waals surface area contributed by atoms with E-state index in [1.54, 1.807) is 0 Å². The number of hydrogen-bond donors (Lipinski definition) is 1. The van der Waals surface area contributed by atoms with E-state index in [1.807, 2.05) is 25.7 Å². The molecule has 1 N–H and O–H groups in total. The summed E-state index contributed by atoms with van der Waals surface area (Å²) in [5.74, 6) is 0. The van der Waals surface area contributed by atoms with Crippen molar-refractivity contribution in [2.75, 3.05) is 13.6 Å². The summed E-state index contributed by atoms with van der Waals surface area (Å²) in [6, 6.07) is 0. The molecule has 0 spiro atoms. The van der Waals surface area contributed by atoms with Gasteiger partial charge in [0.25, 0.3) is 0 Å². The first-order chi connectivity index (χ1) is 7.70. The van der Waals surface area contributed by atoms with Gasteiger partial charge in [-0.2, -0.15) is 5.10 Å². The van der Waals surface area contributed by atoms with Crippen molar-refractivity contribution in [3.05, 3.63) is 17.5 Å². The Morgan fingerprint density at radius 1 is 1.47 bits per heavy atom. The number of aromatic nitrogens is 2. The Bertz CT molecular complexity index is 363. The maximum Gasteiger partial charge on any atom is 0.0722 e. The molecule has 1 rings (SSSR count). The lowest BCUT2D eigenvalue weighted by atomic mass is 9.89. The summed E-state index contributed by atoms with van der Waals surface area (Å²) < 4.78 is 1.87. The third kappa shape index (κ3) is 4.13. The lowest BCUT2D eigenvalue weighted by Crippen LogP contribution is -2.27. The Hall–Kier alpha value is -0.870. The van der Waals surface area contributed by atoms with Crippen LogP contribution in [0.4, 0.5) is 0 Å². The minimum absolute atomic E-state index is 0.0578. The number of aryl methyl sites for hydroxylation is 1. The van der Waals surface area contributed by atoms with Gasteiger partial charge in [0.05, 0.1) is 11.8 Å². The van der Waals surface area contributed by atoms with Gasteiger partial charge in [-0.3, -0.25) is 9.58 Å². The van der Waals surface area contributed by atoms with Gasteiger partial charge in [-0.25, -0.2) is 0 Å². The fraction of sp³-hybridized carbons (Fsp3) is 0.769. The minimum atomic E-state index is -0.297. The van der Waals surface area contributed by atoms with E-state index in [1.165, 1.54) is 5.56 Å². The molecule has 98 valence electrons. The molecule has 17 heavy (non-hydrogen) atoms. The Labute approximate surface area is 104 Å². The van der Waals surface area contributed by atoms with Crippen molar-refractivity contribution < 1.29 is 5.11 Å². The molecule has 4 heteroatoms.